The largest absolute Gasteiger partial charge is 0.393 e. The zero-order chi connectivity index (χ0) is 26.0. The third-order valence-electron chi connectivity index (χ3n) is 6.19. The van der Waals surface area contributed by atoms with Gasteiger partial charge in [-0.25, -0.2) is 0 Å². The molecule has 0 aromatic rings. The molecule has 0 fully saturated rings. The lowest BCUT2D eigenvalue weighted by atomic mass is 10.1. The Labute approximate surface area is 214 Å². The van der Waals surface area contributed by atoms with E-state index >= 15 is 0 Å². The van der Waals surface area contributed by atoms with Crippen LogP contribution in [0.25, 0.3) is 0 Å². The molecule has 0 spiro atoms. The molecule has 0 saturated carbocycles. The molecule has 35 heavy (non-hydrogen) atoms. The van der Waals surface area contributed by atoms with Gasteiger partial charge in [0.2, 0.25) is 0 Å². The Morgan fingerprint density at radius 1 is 0.343 bits per heavy atom. The van der Waals surface area contributed by atoms with E-state index in [9.17, 15) is 19.2 Å². The average molecular weight is 497 g/mol. The standard InChI is InChI=1S/C29H52O6/c1-3-5-7-9-11-13-15-17-19-22-26(30)34-28(32)24-21-25-29(33)35-27(31)23-20-18-16-14-12-10-8-6-4-2/h3-25H2,1-2H3. The van der Waals surface area contributed by atoms with Crippen molar-refractivity contribution in [1.29, 1.82) is 0 Å². The molecule has 0 heterocycles. The van der Waals surface area contributed by atoms with Gasteiger partial charge in [0.15, 0.2) is 0 Å². The Morgan fingerprint density at radius 2 is 0.571 bits per heavy atom. The number of hydrogen-bond acceptors (Lipinski definition) is 6. The minimum absolute atomic E-state index is 0.0367. The number of ether oxygens (including phenoxy) is 2. The van der Waals surface area contributed by atoms with E-state index in [1.165, 1.54) is 77.0 Å². The van der Waals surface area contributed by atoms with Gasteiger partial charge < -0.3 is 9.47 Å². The summed E-state index contributed by atoms with van der Waals surface area (Å²) < 4.78 is 9.60. The van der Waals surface area contributed by atoms with Crippen LogP contribution < -0.4 is 0 Å². The Hall–Kier alpha value is -1.72. The molecule has 0 atom stereocenters. The molecule has 6 nitrogen and oxygen atoms in total. The lowest BCUT2D eigenvalue weighted by molar-refractivity contribution is -0.159. The molecular formula is C29H52O6. The lowest BCUT2D eigenvalue weighted by Crippen LogP contribution is -2.14. The zero-order valence-electron chi connectivity index (χ0n) is 22.7. The highest BCUT2D eigenvalue weighted by atomic mass is 16.6. The fourth-order valence-corrected chi connectivity index (χ4v) is 4.00. The fourth-order valence-electron chi connectivity index (χ4n) is 4.00. The third-order valence-corrected chi connectivity index (χ3v) is 6.19. The van der Waals surface area contributed by atoms with Crippen molar-refractivity contribution >= 4 is 23.9 Å². The van der Waals surface area contributed by atoms with E-state index in [1.807, 2.05) is 0 Å². The second kappa shape index (κ2) is 25.4. The molecule has 0 aromatic carbocycles. The van der Waals surface area contributed by atoms with Crippen LogP contribution in [0.5, 0.6) is 0 Å². The molecule has 0 aromatic heterocycles. The van der Waals surface area contributed by atoms with Crippen LogP contribution in [0.2, 0.25) is 0 Å². The summed E-state index contributed by atoms with van der Waals surface area (Å²) >= 11 is 0. The van der Waals surface area contributed by atoms with E-state index in [4.69, 9.17) is 9.47 Å². The van der Waals surface area contributed by atoms with Gasteiger partial charge in [-0.15, -0.1) is 0 Å². The van der Waals surface area contributed by atoms with E-state index in [-0.39, 0.29) is 32.1 Å². The van der Waals surface area contributed by atoms with Crippen molar-refractivity contribution in [3.8, 4) is 0 Å². The second-order valence-corrected chi connectivity index (χ2v) is 9.70. The maximum atomic E-state index is 11.8. The Morgan fingerprint density at radius 3 is 0.857 bits per heavy atom. The van der Waals surface area contributed by atoms with Gasteiger partial charge in [0.05, 0.1) is 0 Å². The van der Waals surface area contributed by atoms with Gasteiger partial charge in [0.1, 0.15) is 0 Å². The van der Waals surface area contributed by atoms with E-state index in [2.05, 4.69) is 13.8 Å². The molecule has 6 heteroatoms. The van der Waals surface area contributed by atoms with Crippen molar-refractivity contribution in [3.63, 3.8) is 0 Å². The number of rotatable bonds is 24. The lowest BCUT2D eigenvalue weighted by Gasteiger charge is -2.05. The van der Waals surface area contributed by atoms with E-state index < -0.39 is 23.9 Å². The first-order valence-electron chi connectivity index (χ1n) is 14.5. The summed E-state index contributed by atoms with van der Waals surface area (Å²) in [5.41, 5.74) is 0. The molecule has 0 N–H and O–H groups in total. The summed E-state index contributed by atoms with van der Waals surface area (Å²) in [4.78, 5) is 47.0. The minimum Gasteiger partial charge on any atom is -0.393 e. The summed E-state index contributed by atoms with van der Waals surface area (Å²) in [6.07, 6.45) is 21.4. The predicted molar refractivity (Wildman–Crippen MR) is 140 cm³/mol. The average Bonchev–Trinajstić information content (AvgIpc) is 2.81. The van der Waals surface area contributed by atoms with Crippen molar-refractivity contribution in [3.05, 3.63) is 0 Å². The van der Waals surface area contributed by atoms with Gasteiger partial charge in [0.25, 0.3) is 0 Å². The van der Waals surface area contributed by atoms with Crippen molar-refractivity contribution < 1.29 is 28.7 Å². The van der Waals surface area contributed by atoms with Gasteiger partial charge >= 0.3 is 23.9 Å². The summed E-state index contributed by atoms with van der Waals surface area (Å²) in [6.45, 7) is 4.42. The highest BCUT2D eigenvalue weighted by Gasteiger charge is 2.14. The van der Waals surface area contributed by atoms with Gasteiger partial charge in [-0.05, 0) is 19.3 Å². The van der Waals surface area contributed by atoms with E-state index in [0.29, 0.717) is 0 Å². The molecule has 0 bridgehead atoms. The quantitative estimate of drug-likeness (QED) is 0.0761. The molecule has 0 radical (unpaired) electrons. The molecule has 0 aliphatic rings. The van der Waals surface area contributed by atoms with Crippen molar-refractivity contribution in [2.75, 3.05) is 0 Å². The molecule has 0 amide bonds. The van der Waals surface area contributed by atoms with E-state index in [1.54, 1.807) is 0 Å². The summed E-state index contributed by atoms with van der Waals surface area (Å²) in [7, 11) is 0. The van der Waals surface area contributed by atoms with Crippen molar-refractivity contribution in [2.45, 2.75) is 162 Å². The third kappa shape index (κ3) is 25.2. The summed E-state index contributed by atoms with van der Waals surface area (Å²) in [5.74, 6) is -2.26. The number of carbonyl (C=O) groups excluding carboxylic acids is 4. The maximum Gasteiger partial charge on any atom is 0.313 e. The maximum absolute atomic E-state index is 11.8. The molecule has 0 aliphatic heterocycles. The van der Waals surface area contributed by atoms with Crippen molar-refractivity contribution in [2.24, 2.45) is 0 Å². The summed E-state index contributed by atoms with van der Waals surface area (Å²) in [5, 5.41) is 0. The molecule has 0 aliphatic carbocycles. The first-order valence-corrected chi connectivity index (χ1v) is 14.5. The first kappa shape index (κ1) is 33.3. The highest BCUT2D eigenvalue weighted by molar-refractivity contribution is 5.87. The van der Waals surface area contributed by atoms with Gasteiger partial charge in [-0.2, -0.15) is 0 Å². The van der Waals surface area contributed by atoms with Crippen LogP contribution in [0.4, 0.5) is 0 Å². The van der Waals surface area contributed by atoms with Gasteiger partial charge in [0, 0.05) is 25.7 Å². The highest BCUT2D eigenvalue weighted by Crippen LogP contribution is 2.12. The van der Waals surface area contributed by atoms with Crippen LogP contribution in [0.3, 0.4) is 0 Å². The van der Waals surface area contributed by atoms with Crippen LogP contribution in [-0.4, -0.2) is 23.9 Å². The summed E-state index contributed by atoms with van der Waals surface area (Å²) in [6, 6.07) is 0. The number of esters is 4. The van der Waals surface area contributed by atoms with Crippen molar-refractivity contribution in [1.82, 2.24) is 0 Å². The predicted octanol–water partition coefficient (Wildman–Crippen LogP) is 8.14. The van der Waals surface area contributed by atoms with Crippen LogP contribution >= 0.6 is 0 Å². The zero-order valence-corrected chi connectivity index (χ0v) is 22.7. The Bertz CT molecular complexity index is 509. The molecule has 204 valence electrons. The first-order chi connectivity index (χ1) is 17.0. The normalized spacial score (nSPS) is 10.8. The minimum atomic E-state index is -0.625. The number of carbonyl (C=O) groups is 4. The van der Waals surface area contributed by atoms with Gasteiger partial charge in [-0.1, -0.05) is 117 Å². The molecule has 0 rings (SSSR count). The Balaban J connectivity index is 3.58. The SMILES string of the molecule is CCCCCCCCCCCC(=O)OC(=O)CCCC(=O)OC(=O)CCCCCCCCCCC. The molecule has 0 unspecified atom stereocenters. The van der Waals surface area contributed by atoms with Crippen LogP contribution in [0, 0.1) is 0 Å². The smallest absolute Gasteiger partial charge is 0.313 e. The van der Waals surface area contributed by atoms with Crippen LogP contribution in [0.1, 0.15) is 162 Å². The van der Waals surface area contributed by atoms with Gasteiger partial charge in [-0.3, -0.25) is 19.2 Å². The molecule has 0 saturated heterocycles. The Kier molecular flexibility index (Phi) is 24.1. The van der Waals surface area contributed by atoms with E-state index in [0.717, 1.165) is 38.5 Å². The van der Waals surface area contributed by atoms with Crippen LogP contribution in [0.15, 0.2) is 0 Å². The fraction of sp³-hybridized carbons (Fsp3) is 0.862. The number of hydrogen-bond donors (Lipinski definition) is 0. The molecular weight excluding hydrogens is 444 g/mol. The monoisotopic (exact) mass is 496 g/mol. The number of unbranched alkanes of at least 4 members (excludes halogenated alkanes) is 16. The topological polar surface area (TPSA) is 86.7 Å². The van der Waals surface area contributed by atoms with Crippen LogP contribution in [-0.2, 0) is 28.7 Å². The second-order valence-electron chi connectivity index (χ2n) is 9.70.